The minimum atomic E-state index is -0.00749. The molecule has 2 rings (SSSR count). The highest BCUT2D eigenvalue weighted by Gasteiger charge is 2.05. The summed E-state index contributed by atoms with van der Waals surface area (Å²) >= 11 is 0. The van der Waals surface area contributed by atoms with Crippen LogP contribution >= 0.6 is 0 Å². The Hall–Kier alpha value is -1.65. The summed E-state index contributed by atoms with van der Waals surface area (Å²) in [5.41, 5.74) is 1.48. The van der Waals surface area contributed by atoms with Crippen molar-refractivity contribution in [3.63, 3.8) is 0 Å². The summed E-state index contributed by atoms with van der Waals surface area (Å²) in [6, 6.07) is 0. The number of aromatic nitrogens is 3. The number of nitrogens with one attached hydrogen (secondary N) is 1. The number of carbonyl (C=O) groups excluding carboxylic acids is 1. The lowest BCUT2D eigenvalue weighted by atomic mass is 9.97. The monoisotopic (exact) mass is 234 g/mol. The van der Waals surface area contributed by atoms with Gasteiger partial charge in [-0.25, -0.2) is 9.67 Å². The van der Waals surface area contributed by atoms with E-state index in [-0.39, 0.29) is 12.5 Å². The van der Waals surface area contributed by atoms with Crippen LogP contribution in [0.3, 0.4) is 0 Å². The summed E-state index contributed by atoms with van der Waals surface area (Å²) in [6.07, 6.45) is 11.3. The van der Waals surface area contributed by atoms with E-state index in [0.29, 0.717) is 0 Å². The van der Waals surface area contributed by atoms with Gasteiger partial charge >= 0.3 is 0 Å². The normalized spacial score (nSPS) is 15.4. The second-order valence-corrected chi connectivity index (χ2v) is 4.30. The zero-order valence-corrected chi connectivity index (χ0v) is 9.93. The van der Waals surface area contributed by atoms with Gasteiger partial charge in [0, 0.05) is 6.54 Å². The third-order valence-corrected chi connectivity index (χ3v) is 2.93. The number of carbonyl (C=O) groups is 1. The molecule has 1 heterocycles. The average molecular weight is 234 g/mol. The predicted octanol–water partition coefficient (Wildman–Crippen LogP) is 1.28. The molecule has 0 fully saturated rings. The molecule has 92 valence electrons. The third kappa shape index (κ3) is 4.01. The van der Waals surface area contributed by atoms with Crippen molar-refractivity contribution in [2.75, 3.05) is 6.54 Å². The molecule has 0 aliphatic heterocycles. The molecule has 0 atom stereocenters. The van der Waals surface area contributed by atoms with Gasteiger partial charge in [-0.3, -0.25) is 4.79 Å². The standard InChI is InChI=1S/C12H18N4O/c17-12(8-16-10-13-9-15-16)14-7-6-11-4-2-1-3-5-11/h4,9-10H,1-3,5-8H2,(H,14,17). The van der Waals surface area contributed by atoms with Gasteiger partial charge in [-0.05, 0) is 32.1 Å². The molecular formula is C12H18N4O. The molecule has 0 bridgehead atoms. The summed E-state index contributed by atoms with van der Waals surface area (Å²) < 4.78 is 1.52. The average Bonchev–Trinajstić information content (AvgIpc) is 2.83. The van der Waals surface area contributed by atoms with Crippen LogP contribution in [0, 0.1) is 0 Å². The minimum absolute atomic E-state index is 0.00749. The zero-order chi connectivity index (χ0) is 11.9. The molecule has 5 nitrogen and oxygen atoms in total. The van der Waals surface area contributed by atoms with E-state index in [1.54, 1.807) is 6.33 Å². The fourth-order valence-electron chi connectivity index (χ4n) is 2.01. The molecule has 0 saturated heterocycles. The second-order valence-electron chi connectivity index (χ2n) is 4.30. The van der Waals surface area contributed by atoms with E-state index in [0.717, 1.165) is 13.0 Å². The smallest absolute Gasteiger partial charge is 0.241 e. The van der Waals surface area contributed by atoms with Crippen molar-refractivity contribution in [3.8, 4) is 0 Å². The fourth-order valence-corrected chi connectivity index (χ4v) is 2.01. The van der Waals surface area contributed by atoms with Gasteiger partial charge in [-0.1, -0.05) is 11.6 Å². The van der Waals surface area contributed by atoms with Crippen LogP contribution in [0.15, 0.2) is 24.3 Å². The van der Waals surface area contributed by atoms with Crippen molar-refractivity contribution in [1.29, 1.82) is 0 Å². The van der Waals surface area contributed by atoms with Crippen molar-refractivity contribution in [1.82, 2.24) is 20.1 Å². The molecule has 1 aliphatic carbocycles. The van der Waals surface area contributed by atoms with Gasteiger partial charge in [0.15, 0.2) is 0 Å². The van der Waals surface area contributed by atoms with Crippen LogP contribution in [-0.2, 0) is 11.3 Å². The highest BCUT2D eigenvalue weighted by molar-refractivity contribution is 5.75. The summed E-state index contributed by atoms with van der Waals surface area (Å²) in [7, 11) is 0. The molecule has 1 aromatic heterocycles. The Morgan fingerprint density at radius 2 is 2.41 bits per heavy atom. The Labute approximate surface area is 101 Å². The third-order valence-electron chi connectivity index (χ3n) is 2.93. The van der Waals surface area contributed by atoms with Crippen LogP contribution in [-0.4, -0.2) is 27.2 Å². The highest BCUT2D eigenvalue weighted by Crippen LogP contribution is 2.19. The quantitative estimate of drug-likeness (QED) is 0.781. The largest absolute Gasteiger partial charge is 0.354 e. The maximum atomic E-state index is 11.5. The Balaban J connectivity index is 1.64. The number of rotatable bonds is 5. The van der Waals surface area contributed by atoms with Crippen LogP contribution in [0.4, 0.5) is 0 Å². The molecule has 1 aliphatic rings. The molecule has 0 spiro atoms. The molecule has 17 heavy (non-hydrogen) atoms. The maximum absolute atomic E-state index is 11.5. The van der Waals surface area contributed by atoms with Crippen molar-refractivity contribution < 1.29 is 4.79 Å². The van der Waals surface area contributed by atoms with Gasteiger partial charge in [0.25, 0.3) is 0 Å². The summed E-state index contributed by atoms with van der Waals surface area (Å²) in [5, 5.41) is 6.79. The second kappa shape index (κ2) is 6.18. The molecule has 0 unspecified atom stereocenters. The lowest BCUT2D eigenvalue weighted by molar-refractivity contribution is -0.121. The number of allylic oxidation sites excluding steroid dienone is 1. The van der Waals surface area contributed by atoms with E-state index < -0.39 is 0 Å². The van der Waals surface area contributed by atoms with Crippen molar-refractivity contribution in [2.24, 2.45) is 0 Å². The topological polar surface area (TPSA) is 59.8 Å². The molecule has 5 heteroatoms. The molecule has 0 radical (unpaired) electrons. The summed E-state index contributed by atoms with van der Waals surface area (Å²) in [5.74, 6) is -0.00749. The molecule has 1 amide bonds. The maximum Gasteiger partial charge on any atom is 0.241 e. The van der Waals surface area contributed by atoms with Gasteiger partial charge < -0.3 is 5.32 Å². The summed E-state index contributed by atoms with van der Waals surface area (Å²) in [6.45, 7) is 0.971. The Morgan fingerprint density at radius 1 is 1.47 bits per heavy atom. The van der Waals surface area contributed by atoms with Crippen molar-refractivity contribution >= 4 is 5.91 Å². The molecular weight excluding hydrogens is 216 g/mol. The first-order chi connectivity index (χ1) is 8.34. The van der Waals surface area contributed by atoms with E-state index >= 15 is 0 Å². The van der Waals surface area contributed by atoms with Gasteiger partial charge in [0.1, 0.15) is 19.2 Å². The van der Waals surface area contributed by atoms with Crippen LogP contribution < -0.4 is 5.32 Å². The molecule has 0 aromatic carbocycles. The zero-order valence-electron chi connectivity index (χ0n) is 9.93. The number of amides is 1. The summed E-state index contributed by atoms with van der Waals surface area (Å²) in [4.78, 5) is 15.3. The van der Waals surface area contributed by atoms with Crippen LogP contribution in [0.5, 0.6) is 0 Å². The van der Waals surface area contributed by atoms with E-state index in [1.165, 1.54) is 42.3 Å². The van der Waals surface area contributed by atoms with Gasteiger partial charge in [-0.15, -0.1) is 0 Å². The number of hydrogen-bond donors (Lipinski definition) is 1. The van der Waals surface area contributed by atoms with E-state index in [4.69, 9.17) is 0 Å². The number of hydrogen-bond acceptors (Lipinski definition) is 3. The van der Waals surface area contributed by atoms with E-state index in [9.17, 15) is 4.79 Å². The van der Waals surface area contributed by atoms with Crippen molar-refractivity contribution in [3.05, 3.63) is 24.3 Å². The minimum Gasteiger partial charge on any atom is -0.354 e. The molecule has 1 N–H and O–H groups in total. The Morgan fingerprint density at radius 3 is 3.12 bits per heavy atom. The highest BCUT2D eigenvalue weighted by atomic mass is 16.2. The van der Waals surface area contributed by atoms with Gasteiger partial charge in [0.05, 0.1) is 0 Å². The van der Waals surface area contributed by atoms with Crippen LogP contribution in [0.1, 0.15) is 32.1 Å². The first-order valence-corrected chi connectivity index (χ1v) is 6.11. The Bertz CT molecular complexity index is 383. The first kappa shape index (κ1) is 11.8. The predicted molar refractivity (Wildman–Crippen MR) is 64.2 cm³/mol. The van der Waals surface area contributed by atoms with Gasteiger partial charge in [0.2, 0.25) is 5.91 Å². The van der Waals surface area contributed by atoms with Crippen molar-refractivity contribution in [2.45, 2.75) is 38.6 Å². The van der Waals surface area contributed by atoms with Crippen LogP contribution in [0.2, 0.25) is 0 Å². The Kier molecular flexibility index (Phi) is 4.30. The number of nitrogens with zero attached hydrogens (tertiary/aromatic N) is 3. The lowest BCUT2D eigenvalue weighted by Crippen LogP contribution is -2.28. The van der Waals surface area contributed by atoms with E-state index in [1.807, 2.05) is 0 Å². The van der Waals surface area contributed by atoms with E-state index in [2.05, 4.69) is 21.5 Å². The lowest BCUT2D eigenvalue weighted by Gasteiger charge is -2.12. The molecule has 0 saturated carbocycles. The van der Waals surface area contributed by atoms with Crippen LogP contribution in [0.25, 0.3) is 0 Å². The SMILES string of the molecule is O=C(Cn1cncn1)NCCC1=CCCCC1. The fraction of sp³-hybridized carbons (Fsp3) is 0.583. The first-order valence-electron chi connectivity index (χ1n) is 6.11. The van der Waals surface area contributed by atoms with Gasteiger partial charge in [-0.2, -0.15) is 5.10 Å². The molecule has 1 aromatic rings.